The molecule has 1 N–H and O–H groups in total. The topological polar surface area (TPSA) is 64.1 Å². The lowest BCUT2D eigenvalue weighted by molar-refractivity contribution is 0.0593. The number of nitrogens with one attached hydrogen (secondary N) is 1. The minimum Gasteiger partial charge on any atom is -0.464 e. The summed E-state index contributed by atoms with van der Waals surface area (Å²) in [4.78, 5) is 11.2. The van der Waals surface area contributed by atoms with Gasteiger partial charge in [-0.1, -0.05) is 25.7 Å². The van der Waals surface area contributed by atoms with E-state index in [9.17, 15) is 4.79 Å². The van der Waals surface area contributed by atoms with Crippen molar-refractivity contribution < 1.29 is 9.53 Å². The maximum atomic E-state index is 11.2. The summed E-state index contributed by atoms with van der Waals surface area (Å²) in [6.45, 7) is 0. The lowest BCUT2D eigenvalue weighted by Gasteiger charge is -2.16. The summed E-state index contributed by atoms with van der Waals surface area (Å²) >= 11 is 0. The van der Waals surface area contributed by atoms with Crippen molar-refractivity contribution in [3.63, 3.8) is 0 Å². The van der Waals surface area contributed by atoms with E-state index in [1.165, 1.54) is 45.6 Å². The molecule has 0 unspecified atom stereocenters. The number of ether oxygens (including phenoxy) is 1. The number of nitrogens with zero attached hydrogens (tertiary/aromatic N) is 2. The second kappa shape index (κ2) is 6.33. The molecule has 2 rings (SSSR count). The summed E-state index contributed by atoms with van der Waals surface area (Å²) < 4.78 is 4.58. The van der Waals surface area contributed by atoms with E-state index in [4.69, 9.17) is 0 Å². The molecule has 0 aromatic carbocycles. The largest absolute Gasteiger partial charge is 0.464 e. The number of anilines is 1. The van der Waals surface area contributed by atoms with Crippen LogP contribution in [0.25, 0.3) is 0 Å². The molecule has 1 aliphatic carbocycles. The highest BCUT2D eigenvalue weighted by atomic mass is 16.5. The summed E-state index contributed by atoms with van der Waals surface area (Å²) in [5.74, 6) is 0.276. The molecule has 1 aliphatic rings. The van der Waals surface area contributed by atoms with E-state index in [1.807, 2.05) is 0 Å². The molecular weight excluding hydrogens is 230 g/mol. The lowest BCUT2D eigenvalue weighted by Crippen LogP contribution is -2.19. The number of methoxy groups -OCH3 is 1. The minimum atomic E-state index is -0.455. The highest BCUT2D eigenvalue weighted by molar-refractivity contribution is 5.86. The first-order chi connectivity index (χ1) is 8.79. The summed E-state index contributed by atoms with van der Waals surface area (Å²) in [5, 5.41) is 11.2. The van der Waals surface area contributed by atoms with Crippen molar-refractivity contribution in [3.8, 4) is 0 Å². The van der Waals surface area contributed by atoms with Crippen molar-refractivity contribution in [2.45, 2.75) is 44.6 Å². The van der Waals surface area contributed by atoms with Gasteiger partial charge in [0.2, 0.25) is 0 Å². The smallest absolute Gasteiger partial charge is 0.358 e. The van der Waals surface area contributed by atoms with E-state index >= 15 is 0 Å². The van der Waals surface area contributed by atoms with Crippen LogP contribution >= 0.6 is 0 Å². The van der Waals surface area contributed by atoms with Crippen LogP contribution in [0.2, 0.25) is 0 Å². The van der Waals surface area contributed by atoms with Crippen molar-refractivity contribution in [3.05, 3.63) is 17.8 Å². The van der Waals surface area contributed by atoms with Crippen molar-refractivity contribution in [2.24, 2.45) is 0 Å². The molecule has 1 saturated carbocycles. The number of carbonyl (C=O) groups excluding carboxylic acids is 1. The molecule has 1 fully saturated rings. The first-order valence-corrected chi connectivity index (χ1v) is 6.48. The third-order valence-corrected chi connectivity index (χ3v) is 3.27. The predicted molar refractivity (Wildman–Crippen MR) is 68.5 cm³/mol. The van der Waals surface area contributed by atoms with Gasteiger partial charge in [-0.15, -0.1) is 10.2 Å². The van der Waals surface area contributed by atoms with Crippen LogP contribution in [0.1, 0.15) is 49.0 Å². The Bertz CT molecular complexity index is 384. The fraction of sp³-hybridized carbons (Fsp3) is 0.615. The number of hydrogen-bond acceptors (Lipinski definition) is 5. The standard InChI is InChI=1S/C13H19N3O2/c1-18-13(17)11-8-9-12(16-15-11)14-10-6-4-2-3-5-7-10/h8-10H,2-7H2,1H3,(H,14,16). The fourth-order valence-electron chi connectivity index (χ4n) is 2.26. The maximum Gasteiger partial charge on any atom is 0.358 e. The van der Waals surface area contributed by atoms with E-state index in [1.54, 1.807) is 12.1 Å². The second-order valence-corrected chi connectivity index (χ2v) is 4.63. The molecule has 0 radical (unpaired) electrons. The number of esters is 1. The van der Waals surface area contributed by atoms with Crippen LogP contribution in [0.5, 0.6) is 0 Å². The van der Waals surface area contributed by atoms with Crippen LogP contribution in [0.3, 0.4) is 0 Å². The molecule has 0 bridgehead atoms. The predicted octanol–water partition coefficient (Wildman–Crippen LogP) is 2.40. The van der Waals surface area contributed by atoms with Gasteiger partial charge in [-0.2, -0.15) is 0 Å². The molecular formula is C13H19N3O2. The summed E-state index contributed by atoms with van der Waals surface area (Å²) in [6, 6.07) is 3.90. The van der Waals surface area contributed by atoms with Crippen LogP contribution in [-0.4, -0.2) is 29.3 Å². The van der Waals surface area contributed by atoms with Crippen LogP contribution in [0.4, 0.5) is 5.82 Å². The van der Waals surface area contributed by atoms with E-state index in [0.29, 0.717) is 6.04 Å². The molecule has 5 heteroatoms. The first-order valence-electron chi connectivity index (χ1n) is 6.48. The van der Waals surface area contributed by atoms with Gasteiger partial charge >= 0.3 is 5.97 Å². The molecule has 0 amide bonds. The van der Waals surface area contributed by atoms with Crippen molar-refractivity contribution in [1.82, 2.24) is 10.2 Å². The summed E-state index contributed by atoms with van der Waals surface area (Å²) in [7, 11) is 1.34. The van der Waals surface area contributed by atoms with Gasteiger partial charge in [0.1, 0.15) is 5.82 Å². The number of carbonyl (C=O) groups is 1. The fourth-order valence-corrected chi connectivity index (χ4v) is 2.26. The molecule has 1 aromatic heterocycles. The molecule has 5 nitrogen and oxygen atoms in total. The highest BCUT2D eigenvalue weighted by Gasteiger charge is 2.13. The van der Waals surface area contributed by atoms with Crippen LogP contribution in [0.15, 0.2) is 12.1 Å². The average molecular weight is 249 g/mol. The zero-order valence-corrected chi connectivity index (χ0v) is 10.7. The third kappa shape index (κ3) is 3.42. The van der Waals surface area contributed by atoms with E-state index in [0.717, 1.165) is 5.82 Å². The Morgan fingerprint density at radius 2 is 1.94 bits per heavy atom. The molecule has 0 saturated heterocycles. The van der Waals surface area contributed by atoms with Gasteiger partial charge in [0, 0.05) is 6.04 Å². The van der Waals surface area contributed by atoms with E-state index < -0.39 is 5.97 Å². The third-order valence-electron chi connectivity index (χ3n) is 3.27. The van der Waals surface area contributed by atoms with Gasteiger partial charge in [-0.05, 0) is 25.0 Å². The van der Waals surface area contributed by atoms with E-state index in [-0.39, 0.29) is 5.69 Å². The highest BCUT2D eigenvalue weighted by Crippen LogP contribution is 2.20. The van der Waals surface area contributed by atoms with Crippen LogP contribution in [0, 0.1) is 0 Å². The quantitative estimate of drug-likeness (QED) is 0.658. The molecule has 0 aliphatic heterocycles. The Hall–Kier alpha value is -1.65. The minimum absolute atomic E-state index is 0.240. The Morgan fingerprint density at radius 3 is 2.50 bits per heavy atom. The van der Waals surface area contributed by atoms with Gasteiger partial charge in [0.15, 0.2) is 5.69 Å². The molecule has 98 valence electrons. The van der Waals surface area contributed by atoms with Crippen molar-refractivity contribution in [2.75, 3.05) is 12.4 Å². The van der Waals surface area contributed by atoms with Gasteiger partial charge < -0.3 is 10.1 Å². The molecule has 1 aromatic rings. The van der Waals surface area contributed by atoms with Crippen LogP contribution < -0.4 is 5.32 Å². The number of rotatable bonds is 3. The zero-order chi connectivity index (χ0) is 12.8. The zero-order valence-electron chi connectivity index (χ0n) is 10.7. The molecule has 0 spiro atoms. The average Bonchev–Trinajstić information content (AvgIpc) is 2.67. The molecule has 0 atom stereocenters. The van der Waals surface area contributed by atoms with Gasteiger partial charge in [-0.3, -0.25) is 0 Å². The van der Waals surface area contributed by atoms with Crippen molar-refractivity contribution >= 4 is 11.8 Å². The van der Waals surface area contributed by atoms with Gasteiger partial charge in [0.25, 0.3) is 0 Å². The monoisotopic (exact) mass is 249 g/mol. The van der Waals surface area contributed by atoms with Gasteiger partial charge in [-0.25, -0.2) is 4.79 Å². The Kier molecular flexibility index (Phi) is 4.50. The Morgan fingerprint density at radius 1 is 1.22 bits per heavy atom. The van der Waals surface area contributed by atoms with Crippen molar-refractivity contribution in [1.29, 1.82) is 0 Å². The summed E-state index contributed by atoms with van der Waals surface area (Å²) in [6.07, 6.45) is 7.55. The second-order valence-electron chi connectivity index (χ2n) is 4.63. The van der Waals surface area contributed by atoms with E-state index in [2.05, 4.69) is 20.3 Å². The molecule has 18 heavy (non-hydrogen) atoms. The number of hydrogen-bond donors (Lipinski definition) is 1. The number of aromatic nitrogens is 2. The Labute approximate surface area is 107 Å². The lowest BCUT2D eigenvalue weighted by atomic mass is 10.1. The SMILES string of the molecule is COC(=O)c1ccc(NC2CCCCCC2)nn1. The normalized spacial score (nSPS) is 16.9. The van der Waals surface area contributed by atoms with Crippen LogP contribution in [-0.2, 0) is 4.74 Å². The Balaban J connectivity index is 1.94. The van der Waals surface area contributed by atoms with Gasteiger partial charge in [0.05, 0.1) is 7.11 Å². The molecule has 1 heterocycles. The summed E-state index contributed by atoms with van der Waals surface area (Å²) in [5.41, 5.74) is 0.240. The maximum absolute atomic E-state index is 11.2. The first kappa shape index (κ1) is 12.8.